The predicted molar refractivity (Wildman–Crippen MR) is 73.2 cm³/mol. The van der Waals surface area contributed by atoms with Crippen LogP contribution in [0.5, 0.6) is 0 Å². The topological polar surface area (TPSA) is 105 Å². The van der Waals surface area contributed by atoms with Gasteiger partial charge in [0.15, 0.2) is 6.23 Å². The third-order valence-corrected chi connectivity index (χ3v) is 5.00. The standard InChI is InChI=1S/C10H14N2O5S2/c1-18-19-8-7(15)5(4-13)17-9(8)12-3-2-6(14)11-10(12)16/h2-3,5,7-9,13,15H,4H2,1H3,(H,11,14,16)/t5-,7-,8?,9-/m1/s1. The Kier molecular flexibility index (Phi) is 4.74. The van der Waals surface area contributed by atoms with Crippen molar-refractivity contribution in [1.29, 1.82) is 0 Å². The second kappa shape index (κ2) is 6.14. The van der Waals surface area contributed by atoms with Crippen molar-refractivity contribution in [3.63, 3.8) is 0 Å². The largest absolute Gasteiger partial charge is 0.394 e. The van der Waals surface area contributed by atoms with Crippen LogP contribution in [0.4, 0.5) is 0 Å². The van der Waals surface area contributed by atoms with Crippen LogP contribution in [0.2, 0.25) is 0 Å². The van der Waals surface area contributed by atoms with E-state index in [2.05, 4.69) is 4.98 Å². The zero-order valence-electron chi connectivity index (χ0n) is 10.1. The molecule has 9 heteroatoms. The lowest BCUT2D eigenvalue weighted by atomic mass is 10.2. The van der Waals surface area contributed by atoms with Gasteiger partial charge in [-0.05, 0) is 6.26 Å². The Hall–Kier alpha value is -0.740. The molecule has 0 radical (unpaired) electrons. The van der Waals surface area contributed by atoms with Crippen LogP contribution in [0.3, 0.4) is 0 Å². The normalized spacial score (nSPS) is 30.7. The summed E-state index contributed by atoms with van der Waals surface area (Å²) in [5.74, 6) is 0. The van der Waals surface area contributed by atoms with Crippen molar-refractivity contribution in [2.24, 2.45) is 0 Å². The molecule has 0 aromatic carbocycles. The molecule has 1 unspecified atom stereocenters. The molecule has 7 nitrogen and oxygen atoms in total. The minimum atomic E-state index is -0.883. The van der Waals surface area contributed by atoms with E-state index in [1.807, 2.05) is 6.26 Å². The zero-order valence-corrected chi connectivity index (χ0v) is 11.7. The van der Waals surface area contributed by atoms with Crippen LogP contribution in [0.1, 0.15) is 6.23 Å². The van der Waals surface area contributed by atoms with E-state index in [9.17, 15) is 14.7 Å². The summed E-state index contributed by atoms with van der Waals surface area (Å²) in [4.78, 5) is 24.9. The Morgan fingerprint density at radius 3 is 2.84 bits per heavy atom. The Morgan fingerprint density at radius 2 is 2.26 bits per heavy atom. The minimum Gasteiger partial charge on any atom is -0.394 e. The third kappa shape index (κ3) is 2.90. The zero-order chi connectivity index (χ0) is 14.0. The van der Waals surface area contributed by atoms with Crippen LogP contribution in [0.15, 0.2) is 21.9 Å². The number of rotatable bonds is 4. The quantitative estimate of drug-likeness (QED) is 0.623. The van der Waals surface area contributed by atoms with Gasteiger partial charge in [0, 0.05) is 12.3 Å². The number of nitrogens with one attached hydrogen (secondary N) is 1. The van der Waals surface area contributed by atoms with Crippen LogP contribution in [-0.4, -0.2) is 50.1 Å². The van der Waals surface area contributed by atoms with E-state index in [-0.39, 0.29) is 6.61 Å². The van der Waals surface area contributed by atoms with Gasteiger partial charge in [-0.25, -0.2) is 4.79 Å². The summed E-state index contributed by atoms with van der Waals surface area (Å²) in [6, 6.07) is 1.21. The lowest BCUT2D eigenvalue weighted by Crippen LogP contribution is -2.36. The van der Waals surface area contributed by atoms with Crippen LogP contribution in [-0.2, 0) is 4.74 Å². The van der Waals surface area contributed by atoms with E-state index < -0.39 is 34.9 Å². The molecule has 1 aromatic heterocycles. The highest BCUT2D eigenvalue weighted by Crippen LogP contribution is 2.41. The van der Waals surface area contributed by atoms with Gasteiger partial charge in [-0.15, -0.1) is 0 Å². The van der Waals surface area contributed by atoms with Crippen LogP contribution >= 0.6 is 21.6 Å². The lowest BCUT2D eigenvalue weighted by molar-refractivity contribution is -0.0457. The van der Waals surface area contributed by atoms with Crippen molar-refractivity contribution in [1.82, 2.24) is 9.55 Å². The van der Waals surface area contributed by atoms with Crippen molar-refractivity contribution in [2.45, 2.75) is 23.7 Å². The molecule has 2 heterocycles. The second-order valence-corrected chi connectivity index (χ2v) is 6.63. The van der Waals surface area contributed by atoms with Crippen molar-refractivity contribution in [3.8, 4) is 0 Å². The summed E-state index contributed by atoms with van der Waals surface area (Å²) in [5, 5.41) is 18.8. The molecule has 4 atom stereocenters. The van der Waals surface area contributed by atoms with Crippen LogP contribution < -0.4 is 11.2 Å². The first-order valence-corrected chi connectivity index (χ1v) is 8.16. The molecule has 2 rings (SSSR count). The SMILES string of the molecule is CSSC1[C@H](n2ccc(=O)[nH]c2=O)O[C@H](CO)[C@H]1O. The van der Waals surface area contributed by atoms with E-state index in [0.717, 1.165) is 0 Å². The van der Waals surface area contributed by atoms with E-state index >= 15 is 0 Å². The average molecular weight is 306 g/mol. The number of hydrogen-bond donors (Lipinski definition) is 3. The maximum Gasteiger partial charge on any atom is 0.330 e. The molecule has 0 spiro atoms. The number of ether oxygens (including phenoxy) is 1. The van der Waals surface area contributed by atoms with Gasteiger partial charge in [-0.2, -0.15) is 0 Å². The highest BCUT2D eigenvalue weighted by atomic mass is 33.1. The fraction of sp³-hybridized carbons (Fsp3) is 0.600. The fourth-order valence-electron chi connectivity index (χ4n) is 1.94. The summed E-state index contributed by atoms with van der Waals surface area (Å²) in [5.41, 5.74) is -1.09. The molecule has 1 fully saturated rings. The molecule has 0 bridgehead atoms. The van der Waals surface area contributed by atoms with Crippen molar-refractivity contribution >= 4 is 21.6 Å². The summed E-state index contributed by atoms with van der Waals surface area (Å²) >= 11 is 0. The molecular formula is C10H14N2O5S2. The van der Waals surface area contributed by atoms with E-state index in [4.69, 9.17) is 9.84 Å². The number of H-pyrrole nitrogens is 1. The molecule has 106 valence electrons. The van der Waals surface area contributed by atoms with Crippen molar-refractivity contribution < 1.29 is 14.9 Å². The number of nitrogens with zero attached hydrogens (tertiary/aromatic N) is 1. The van der Waals surface area contributed by atoms with Gasteiger partial charge < -0.3 is 14.9 Å². The van der Waals surface area contributed by atoms with Gasteiger partial charge in [0.1, 0.15) is 6.10 Å². The number of hydrogen-bond acceptors (Lipinski definition) is 7. The minimum absolute atomic E-state index is 0.332. The fourth-order valence-corrected chi connectivity index (χ4v) is 4.03. The van der Waals surface area contributed by atoms with Gasteiger partial charge in [0.25, 0.3) is 5.56 Å². The molecule has 0 amide bonds. The maximum atomic E-state index is 11.7. The number of aliphatic hydroxyl groups is 2. The van der Waals surface area contributed by atoms with E-state index in [1.165, 1.54) is 38.4 Å². The van der Waals surface area contributed by atoms with Gasteiger partial charge in [-0.1, -0.05) is 21.6 Å². The first kappa shape index (κ1) is 14.7. The number of aliphatic hydroxyl groups excluding tert-OH is 2. The molecule has 0 saturated carbocycles. The van der Waals surface area contributed by atoms with Gasteiger partial charge >= 0.3 is 5.69 Å². The Bertz CT molecular complexity index is 545. The Labute approximate surface area is 116 Å². The molecule has 0 aliphatic carbocycles. The number of aromatic nitrogens is 2. The third-order valence-electron chi connectivity index (χ3n) is 2.83. The smallest absolute Gasteiger partial charge is 0.330 e. The molecule has 1 aliphatic heterocycles. The van der Waals surface area contributed by atoms with Gasteiger partial charge in [0.05, 0.1) is 18.0 Å². The summed E-state index contributed by atoms with van der Waals surface area (Å²) in [6.07, 6.45) is 0.816. The Morgan fingerprint density at radius 1 is 1.53 bits per heavy atom. The molecule has 3 N–H and O–H groups in total. The van der Waals surface area contributed by atoms with Gasteiger partial charge in [-0.3, -0.25) is 14.3 Å². The predicted octanol–water partition coefficient (Wildman–Crippen LogP) is -0.833. The first-order valence-electron chi connectivity index (χ1n) is 5.53. The molecular weight excluding hydrogens is 292 g/mol. The molecule has 1 aliphatic rings. The number of aromatic amines is 1. The second-order valence-electron chi connectivity index (χ2n) is 3.98. The molecule has 1 aromatic rings. The summed E-state index contributed by atoms with van der Waals surface area (Å²) in [7, 11) is 2.79. The highest BCUT2D eigenvalue weighted by molar-refractivity contribution is 8.76. The van der Waals surface area contributed by atoms with Crippen molar-refractivity contribution in [3.05, 3.63) is 33.1 Å². The van der Waals surface area contributed by atoms with E-state index in [1.54, 1.807) is 0 Å². The maximum absolute atomic E-state index is 11.7. The molecule has 1 saturated heterocycles. The highest BCUT2D eigenvalue weighted by Gasteiger charge is 2.45. The Balaban J connectivity index is 2.36. The summed E-state index contributed by atoms with van der Waals surface area (Å²) < 4.78 is 6.72. The van der Waals surface area contributed by atoms with Crippen LogP contribution in [0, 0.1) is 0 Å². The van der Waals surface area contributed by atoms with Gasteiger partial charge in [0.2, 0.25) is 0 Å². The van der Waals surface area contributed by atoms with Crippen LogP contribution in [0.25, 0.3) is 0 Å². The summed E-state index contributed by atoms with van der Waals surface area (Å²) in [6.45, 7) is -0.332. The van der Waals surface area contributed by atoms with Crippen molar-refractivity contribution in [2.75, 3.05) is 12.9 Å². The monoisotopic (exact) mass is 306 g/mol. The molecule has 19 heavy (non-hydrogen) atoms. The average Bonchev–Trinajstić information content (AvgIpc) is 2.68. The van der Waals surface area contributed by atoms with E-state index in [0.29, 0.717) is 0 Å². The first-order chi connectivity index (χ1) is 9.08. The lowest BCUT2D eigenvalue weighted by Gasteiger charge is -2.19.